The van der Waals surface area contributed by atoms with E-state index in [-0.39, 0.29) is 5.54 Å². The number of aliphatic imine (C=N–C) groups is 1. The van der Waals surface area contributed by atoms with Crippen LogP contribution in [0.3, 0.4) is 0 Å². The lowest BCUT2D eigenvalue weighted by atomic mass is 10.1. The molecule has 0 saturated heterocycles. The monoisotopic (exact) mass is 123 g/mol. The van der Waals surface area contributed by atoms with Crippen LogP contribution in [0.1, 0.15) is 27.2 Å². The Hall–Kier alpha value is -0.770. The minimum atomic E-state index is 0.0247. The normalized spacial score (nSPS) is 11.8. The van der Waals surface area contributed by atoms with E-state index in [0.29, 0.717) is 6.42 Å². The SMILES string of the molecule is C#CCC=NC(C)(C)C. The maximum Gasteiger partial charge on any atom is 0.0520 e. The van der Waals surface area contributed by atoms with Crippen LogP contribution in [0.25, 0.3) is 0 Å². The minimum Gasteiger partial charge on any atom is -0.291 e. The van der Waals surface area contributed by atoms with Gasteiger partial charge in [0.1, 0.15) is 0 Å². The molecule has 1 nitrogen and oxygen atoms in total. The first-order valence-electron chi connectivity index (χ1n) is 3.03. The molecule has 0 fully saturated rings. The van der Waals surface area contributed by atoms with Crippen LogP contribution in [0.15, 0.2) is 4.99 Å². The van der Waals surface area contributed by atoms with Crippen molar-refractivity contribution in [2.75, 3.05) is 0 Å². The molecular formula is C8H13N. The average molecular weight is 123 g/mol. The minimum absolute atomic E-state index is 0.0247. The molecule has 0 atom stereocenters. The molecule has 0 spiro atoms. The van der Waals surface area contributed by atoms with Crippen LogP contribution < -0.4 is 0 Å². The van der Waals surface area contributed by atoms with Crippen molar-refractivity contribution in [1.82, 2.24) is 0 Å². The molecule has 0 rings (SSSR count). The molecule has 0 bridgehead atoms. The summed E-state index contributed by atoms with van der Waals surface area (Å²) in [5, 5.41) is 0. The van der Waals surface area contributed by atoms with Gasteiger partial charge in [-0.25, -0.2) is 0 Å². The van der Waals surface area contributed by atoms with Crippen molar-refractivity contribution in [3.8, 4) is 12.3 Å². The quantitative estimate of drug-likeness (QED) is 0.373. The molecule has 1 heteroatoms. The van der Waals surface area contributed by atoms with Gasteiger partial charge in [-0.05, 0) is 20.8 Å². The van der Waals surface area contributed by atoms with Crippen molar-refractivity contribution in [1.29, 1.82) is 0 Å². The molecule has 0 radical (unpaired) electrons. The van der Waals surface area contributed by atoms with Crippen LogP contribution in [0, 0.1) is 12.3 Å². The third-order valence-corrected chi connectivity index (χ3v) is 0.688. The van der Waals surface area contributed by atoms with E-state index in [1.807, 2.05) is 20.8 Å². The van der Waals surface area contributed by atoms with Crippen molar-refractivity contribution in [2.24, 2.45) is 4.99 Å². The van der Waals surface area contributed by atoms with E-state index in [0.717, 1.165) is 0 Å². The highest BCUT2D eigenvalue weighted by Crippen LogP contribution is 2.04. The topological polar surface area (TPSA) is 12.4 Å². The smallest absolute Gasteiger partial charge is 0.0520 e. The first-order valence-corrected chi connectivity index (χ1v) is 3.03. The third-order valence-electron chi connectivity index (χ3n) is 0.688. The van der Waals surface area contributed by atoms with Gasteiger partial charge in [0.25, 0.3) is 0 Å². The lowest BCUT2D eigenvalue weighted by Gasteiger charge is -2.09. The summed E-state index contributed by atoms with van der Waals surface area (Å²) in [7, 11) is 0. The van der Waals surface area contributed by atoms with Gasteiger partial charge in [0.05, 0.1) is 5.54 Å². The molecule has 0 saturated carbocycles. The first kappa shape index (κ1) is 8.23. The highest BCUT2D eigenvalue weighted by Gasteiger charge is 2.03. The molecular weight excluding hydrogens is 110 g/mol. The van der Waals surface area contributed by atoms with Crippen molar-refractivity contribution < 1.29 is 0 Å². The van der Waals surface area contributed by atoms with Gasteiger partial charge in [-0.1, -0.05) is 0 Å². The van der Waals surface area contributed by atoms with Crippen LogP contribution in [0.5, 0.6) is 0 Å². The van der Waals surface area contributed by atoms with Crippen LogP contribution in [-0.4, -0.2) is 11.8 Å². The Bertz CT molecular complexity index is 132. The summed E-state index contributed by atoms with van der Waals surface area (Å²) in [6.07, 6.45) is 7.43. The molecule has 0 amide bonds. The van der Waals surface area contributed by atoms with E-state index < -0.39 is 0 Å². The maximum absolute atomic E-state index is 5.02. The van der Waals surface area contributed by atoms with E-state index >= 15 is 0 Å². The molecule has 0 aromatic rings. The Labute approximate surface area is 57.2 Å². The van der Waals surface area contributed by atoms with Gasteiger partial charge in [-0.3, -0.25) is 4.99 Å². The van der Waals surface area contributed by atoms with E-state index in [1.54, 1.807) is 6.21 Å². The first-order chi connectivity index (χ1) is 4.06. The molecule has 0 aromatic carbocycles. The van der Waals surface area contributed by atoms with Gasteiger partial charge in [-0.2, -0.15) is 0 Å². The summed E-state index contributed by atoms with van der Waals surface area (Å²) >= 11 is 0. The van der Waals surface area contributed by atoms with Gasteiger partial charge in [-0.15, -0.1) is 12.3 Å². The second kappa shape index (κ2) is 3.29. The molecule has 0 aliphatic heterocycles. The molecule has 0 aliphatic rings. The molecule has 0 aliphatic carbocycles. The molecule has 9 heavy (non-hydrogen) atoms. The van der Waals surface area contributed by atoms with Crippen LogP contribution in [0.2, 0.25) is 0 Å². The predicted molar refractivity (Wildman–Crippen MR) is 41.7 cm³/mol. The van der Waals surface area contributed by atoms with Gasteiger partial charge in [0.15, 0.2) is 0 Å². The van der Waals surface area contributed by atoms with Gasteiger partial charge in [0, 0.05) is 12.6 Å². The van der Waals surface area contributed by atoms with Crippen molar-refractivity contribution in [2.45, 2.75) is 32.7 Å². The molecule has 0 heterocycles. The highest BCUT2D eigenvalue weighted by atomic mass is 14.8. The molecule has 0 aromatic heterocycles. The Morgan fingerprint density at radius 3 is 2.44 bits per heavy atom. The average Bonchev–Trinajstić information content (AvgIpc) is 1.63. The third kappa shape index (κ3) is 7.23. The van der Waals surface area contributed by atoms with Gasteiger partial charge in [0.2, 0.25) is 0 Å². The van der Waals surface area contributed by atoms with Crippen molar-refractivity contribution in [3.05, 3.63) is 0 Å². The zero-order valence-electron chi connectivity index (χ0n) is 6.31. The molecule has 0 N–H and O–H groups in total. The predicted octanol–water partition coefficient (Wildman–Crippen LogP) is 1.88. The fourth-order valence-electron chi connectivity index (χ4n) is 0.372. The fraction of sp³-hybridized carbons (Fsp3) is 0.625. The van der Waals surface area contributed by atoms with Crippen LogP contribution in [0.4, 0.5) is 0 Å². The van der Waals surface area contributed by atoms with Crippen molar-refractivity contribution >= 4 is 6.21 Å². The van der Waals surface area contributed by atoms with Crippen molar-refractivity contribution in [3.63, 3.8) is 0 Å². The lowest BCUT2D eigenvalue weighted by molar-refractivity contribution is 0.585. The summed E-state index contributed by atoms with van der Waals surface area (Å²) < 4.78 is 0. The van der Waals surface area contributed by atoms with E-state index in [4.69, 9.17) is 6.42 Å². The second-order valence-corrected chi connectivity index (χ2v) is 2.89. The Morgan fingerprint density at radius 2 is 2.11 bits per heavy atom. The van der Waals surface area contributed by atoms with Gasteiger partial charge >= 0.3 is 0 Å². The van der Waals surface area contributed by atoms with E-state index in [2.05, 4.69) is 10.9 Å². The summed E-state index contributed by atoms with van der Waals surface area (Å²) in [5.74, 6) is 2.49. The second-order valence-electron chi connectivity index (χ2n) is 2.89. The number of hydrogen-bond acceptors (Lipinski definition) is 1. The van der Waals surface area contributed by atoms with Crippen LogP contribution in [-0.2, 0) is 0 Å². The summed E-state index contributed by atoms with van der Waals surface area (Å²) in [5.41, 5.74) is 0.0247. The summed E-state index contributed by atoms with van der Waals surface area (Å²) in [4.78, 5) is 4.18. The molecule has 50 valence electrons. The standard InChI is InChI=1S/C8H13N/c1-5-6-7-9-8(2,3)4/h1,7H,6H2,2-4H3. The number of terminal acetylenes is 1. The largest absolute Gasteiger partial charge is 0.291 e. The highest BCUT2D eigenvalue weighted by molar-refractivity contribution is 5.61. The summed E-state index contributed by atoms with van der Waals surface area (Å²) in [6, 6.07) is 0. The fourth-order valence-corrected chi connectivity index (χ4v) is 0.372. The number of hydrogen-bond donors (Lipinski definition) is 0. The summed E-state index contributed by atoms with van der Waals surface area (Å²) in [6.45, 7) is 6.13. The zero-order valence-corrected chi connectivity index (χ0v) is 6.31. The van der Waals surface area contributed by atoms with E-state index in [1.165, 1.54) is 0 Å². The lowest BCUT2D eigenvalue weighted by Crippen LogP contribution is -2.09. The number of rotatable bonds is 1. The Kier molecular flexibility index (Phi) is 3.01. The van der Waals surface area contributed by atoms with Gasteiger partial charge < -0.3 is 0 Å². The zero-order chi connectivity index (χ0) is 7.33. The Morgan fingerprint density at radius 1 is 1.56 bits per heavy atom. The maximum atomic E-state index is 5.02. The van der Waals surface area contributed by atoms with E-state index in [9.17, 15) is 0 Å². The number of nitrogens with zero attached hydrogens (tertiary/aromatic N) is 1. The Balaban J connectivity index is 3.61. The molecule has 0 unspecified atom stereocenters. The van der Waals surface area contributed by atoms with Crippen LogP contribution >= 0.6 is 0 Å².